The molecule has 1 fully saturated rings. The van der Waals surface area contributed by atoms with Crippen LogP contribution in [0.2, 0.25) is 0 Å². The molecule has 0 N–H and O–H groups in total. The van der Waals surface area contributed by atoms with Crippen LogP contribution in [0.25, 0.3) is 0 Å². The highest BCUT2D eigenvalue weighted by atomic mass is 32.2. The molecule has 1 saturated carbocycles. The molecule has 1 aliphatic rings. The summed E-state index contributed by atoms with van der Waals surface area (Å²) in [5.74, 6) is -2.64. The van der Waals surface area contributed by atoms with Gasteiger partial charge in [0.25, 0.3) is 5.69 Å². The molecule has 0 heterocycles. The van der Waals surface area contributed by atoms with Crippen molar-refractivity contribution in [1.29, 1.82) is 0 Å². The summed E-state index contributed by atoms with van der Waals surface area (Å²) in [6.07, 6.45) is 1.24. The number of carbonyl (C=O) groups is 3. The van der Waals surface area contributed by atoms with Gasteiger partial charge in [0.15, 0.2) is 27.2 Å². The van der Waals surface area contributed by atoms with E-state index >= 15 is 0 Å². The first-order chi connectivity index (χ1) is 11.4. The maximum absolute atomic E-state index is 12.9. The fraction of sp³-hybridized carbons (Fsp3) is 0.438. The number of benzene rings is 1. The molecule has 0 saturated heterocycles. The average Bonchev–Trinajstić information content (AvgIpc) is 2.54. The van der Waals surface area contributed by atoms with Gasteiger partial charge in [-0.2, -0.15) is 0 Å². The highest BCUT2D eigenvalue weighted by molar-refractivity contribution is 7.90. The van der Waals surface area contributed by atoms with Crippen molar-refractivity contribution in [3.05, 3.63) is 33.9 Å². The van der Waals surface area contributed by atoms with Crippen LogP contribution in [-0.2, 0) is 19.4 Å². The van der Waals surface area contributed by atoms with Crippen molar-refractivity contribution in [2.75, 3.05) is 6.26 Å². The minimum atomic E-state index is -3.72. The van der Waals surface area contributed by atoms with Crippen LogP contribution < -0.4 is 0 Å². The first-order valence-corrected chi connectivity index (χ1v) is 9.40. The van der Waals surface area contributed by atoms with Gasteiger partial charge < -0.3 is 0 Å². The van der Waals surface area contributed by atoms with E-state index in [4.69, 9.17) is 0 Å². The van der Waals surface area contributed by atoms with E-state index in [0.29, 0.717) is 6.42 Å². The van der Waals surface area contributed by atoms with Crippen molar-refractivity contribution >= 4 is 32.9 Å². The summed E-state index contributed by atoms with van der Waals surface area (Å²) < 4.78 is 23.2. The summed E-state index contributed by atoms with van der Waals surface area (Å²) in [6, 6.07) is 2.81. The van der Waals surface area contributed by atoms with E-state index in [9.17, 15) is 32.9 Å². The number of nitrogens with zero attached hydrogens (tertiary/aromatic N) is 1. The minimum Gasteiger partial charge on any atom is -0.298 e. The van der Waals surface area contributed by atoms with Gasteiger partial charge in [0, 0.05) is 24.7 Å². The zero-order chi connectivity index (χ0) is 19.2. The van der Waals surface area contributed by atoms with Crippen LogP contribution in [0.15, 0.2) is 23.1 Å². The number of ketones is 3. The molecule has 0 amide bonds. The van der Waals surface area contributed by atoms with Crippen LogP contribution in [0.3, 0.4) is 0 Å². The largest absolute Gasteiger partial charge is 0.298 e. The van der Waals surface area contributed by atoms with Gasteiger partial charge in [-0.1, -0.05) is 6.92 Å². The monoisotopic (exact) mass is 367 g/mol. The molecule has 1 aromatic rings. The number of Topliss-reactive ketones (excluding diaryl/α,β-unsaturated/α-hetero) is 3. The van der Waals surface area contributed by atoms with Gasteiger partial charge in [-0.05, 0) is 25.5 Å². The second-order valence-electron chi connectivity index (χ2n) is 6.39. The highest BCUT2D eigenvalue weighted by Crippen LogP contribution is 2.38. The summed E-state index contributed by atoms with van der Waals surface area (Å²) in [7, 11) is -3.72. The molecule has 0 spiro atoms. The second kappa shape index (κ2) is 6.14. The predicted octanol–water partition coefficient (Wildman–Crippen LogP) is 1.76. The number of rotatable bonds is 4. The quantitative estimate of drug-likeness (QED) is 0.343. The van der Waals surface area contributed by atoms with Crippen molar-refractivity contribution in [2.45, 2.75) is 31.6 Å². The summed E-state index contributed by atoms with van der Waals surface area (Å²) in [4.78, 5) is 47.7. The zero-order valence-electron chi connectivity index (χ0n) is 13.9. The third kappa shape index (κ3) is 3.11. The Bertz CT molecular complexity index is 903. The minimum absolute atomic E-state index is 0.0321. The van der Waals surface area contributed by atoms with Crippen LogP contribution in [-0.4, -0.2) is 36.9 Å². The van der Waals surface area contributed by atoms with E-state index in [1.165, 1.54) is 6.92 Å². The Kier molecular flexibility index (Phi) is 4.65. The van der Waals surface area contributed by atoms with Gasteiger partial charge in [-0.3, -0.25) is 24.5 Å². The molecule has 0 aromatic heterocycles. The molecule has 0 bridgehead atoms. The number of hydrogen-bond donors (Lipinski definition) is 0. The van der Waals surface area contributed by atoms with Gasteiger partial charge in [-0.15, -0.1) is 0 Å². The fourth-order valence-corrected chi connectivity index (χ4v) is 3.59. The molecule has 25 heavy (non-hydrogen) atoms. The van der Waals surface area contributed by atoms with E-state index in [1.54, 1.807) is 6.92 Å². The van der Waals surface area contributed by atoms with Gasteiger partial charge in [0.05, 0.1) is 15.4 Å². The maximum Gasteiger partial charge on any atom is 0.281 e. The molecule has 2 unspecified atom stereocenters. The number of hydrogen-bond acceptors (Lipinski definition) is 7. The van der Waals surface area contributed by atoms with Crippen molar-refractivity contribution in [2.24, 2.45) is 11.3 Å². The summed E-state index contributed by atoms with van der Waals surface area (Å²) >= 11 is 0. The Morgan fingerprint density at radius 3 is 2.44 bits per heavy atom. The lowest BCUT2D eigenvalue weighted by Crippen LogP contribution is -2.49. The normalized spacial score (nSPS) is 24.2. The van der Waals surface area contributed by atoms with Gasteiger partial charge in [-0.25, -0.2) is 8.42 Å². The van der Waals surface area contributed by atoms with Crippen LogP contribution in [0, 0.1) is 21.4 Å². The Hall–Kier alpha value is -2.42. The lowest BCUT2D eigenvalue weighted by atomic mass is 9.65. The third-order valence-electron chi connectivity index (χ3n) is 4.60. The summed E-state index contributed by atoms with van der Waals surface area (Å²) in [5.41, 5.74) is -3.18. The Morgan fingerprint density at radius 2 is 1.92 bits per heavy atom. The third-order valence-corrected chi connectivity index (χ3v) is 5.71. The molecule has 1 aromatic carbocycles. The second-order valence-corrected chi connectivity index (χ2v) is 8.41. The van der Waals surface area contributed by atoms with Crippen molar-refractivity contribution in [3.63, 3.8) is 0 Å². The molecule has 1 aliphatic carbocycles. The Balaban J connectivity index is 2.65. The molecular formula is C16H17NO7S. The molecule has 9 heteroatoms. The zero-order valence-corrected chi connectivity index (χ0v) is 14.8. The molecule has 134 valence electrons. The SMILES string of the molecule is CC1CCC(=O)C(C)(C(=O)c2ccc(S(C)(=O)=O)cc2[N+](=O)[O-])C1=O. The molecule has 0 radical (unpaired) electrons. The Morgan fingerprint density at radius 1 is 1.32 bits per heavy atom. The smallest absolute Gasteiger partial charge is 0.281 e. The van der Waals surface area contributed by atoms with E-state index < -0.39 is 54.7 Å². The first-order valence-electron chi connectivity index (χ1n) is 7.51. The average molecular weight is 367 g/mol. The van der Waals surface area contributed by atoms with Gasteiger partial charge in [0.2, 0.25) is 0 Å². The van der Waals surface area contributed by atoms with Crippen molar-refractivity contribution in [1.82, 2.24) is 0 Å². The van der Waals surface area contributed by atoms with Gasteiger partial charge >= 0.3 is 0 Å². The lowest BCUT2D eigenvalue weighted by molar-refractivity contribution is -0.385. The van der Waals surface area contributed by atoms with E-state index in [-0.39, 0.29) is 11.3 Å². The van der Waals surface area contributed by atoms with Crippen LogP contribution in [0.4, 0.5) is 5.69 Å². The van der Waals surface area contributed by atoms with Crippen LogP contribution in [0.1, 0.15) is 37.0 Å². The number of sulfone groups is 1. The standard InChI is InChI=1S/C16H17NO7S/c1-9-4-7-13(18)16(2,14(9)19)15(20)11-6-5-10(25(3,23)24)8-12(11)17(21)22/h5-6,8-9H,4,7H2,1-3H3. The number of nitro benzene ring substituents is 1. The van der Waals surface area contributed by atoms with Crippen molar-refractivity contribution in [3.8, 4) is 0 Å². The number of carbonyl (C=O) groups excluding carboxylic acids is 3. The molecule has 8 nitrogen and oxygen atoms in total. The fourth-order valence-electron chi connectivity index (χ4n) is 2.95. The van der Waals surface area contributed by atoms with Crippen LogP contribution in [0.5, 0.6) is 0 Å². The molecule has 2 rings (SSSR count). The summed E-state index contributed by atoms with van der Waals surface area (Å²) in [6.45, 7) is 2.78. The van der Waals surface area contributed by atoms with E-state index in [2.05, 4.69) is 0 Å². The van der Waals surface area contributed by atoms with E-state index in [0.717, 1.165) is 24.5 Å². The maximum atomic E-state index is 12.9. The van der Waals surface area contributed by atoms with Crippen LogP contribution >= 0.6 is 0 Å². The first kappa shape index (κ1) is 18.9. The topological polar surface area (TPSA) is 128 Å². The predicted molar refractivity (Wildman–Crippen MR) is 87.1 cm³/mol. The Labute approximate surface area is 144 Å². The van der Waals surface area contributed by atoms with Crippen molar-refractivity contribution < 1.29 is 27.7 Å². The summed E-state index contributed by atoms with van der Waals surface area (Å²) in [5, 5.41) is 11.3. The van der Waals surface area contributed by atoms with Gasteiger partial charge in [0.1, 0.15) is 5.41 Å². The highest BCUT2D eigenvalue weighted by Gasteiger charge is 2.52. The molecule has 0 aliphatic heterocycles. The number of nitro groups is 1. The molecular weight excluding hydrogens is 350 g/mol. The molecule has 2 atom stereocenters. The van der Waals surface area contributed by atoms with E-state index in [1.807, 2.05) is 0 Å². The lowest BCUT2D eigenvalue weighted by Gasteiger charge is -2.32.